The summed E-state index contributed by atoms with van der Waals surface area (Å²) in [4.78, 5) is 11.9. The van der Waals surface area contributed by atoms with Crippen LogP contribution in [-0.4, -0.2) is 12.6 Å². The second-order valence-corrected chi connectivity index (χ2v) is 15.3. The summed E-state index contributed by atoms with van der Waals surface area (Å²) in [6, 6.07) is 0. The van der Waals surface area contributed by atoms with Gasteiger partial charge in [0.25, 0.3) is 0 Å². The minimum Gasteiger partial charge on any atom is -0.466 e. The van der Waals surface area contributed by atoms with Gasteiger partial charge in [-0.2, -0.15) is 0 Å². The van der Waals surface area contributed by atoms with Crippen molar-refractivity contribution in [3.05, 3.63) is 12.2 Å². The van der Waals surface area contributed by atoms with Gasteiger partial charge in [0.05, 0.1) is 6.61 Å². The molecule has 0 aromatic rings. The zero-order valence-electron chi connectivity index (χ0n) is 32.9. The summed E-state index contributed by atoms with van der Waals surface area (Å²) in [5.41, 5.74) is 0. The summed E-state index contributed by atoms with van der Waals surface area (Å²) in [6.07, 6.45) is 54.6. The van der Waals surface area contributed by atoms with Gasteiger partial charge in [-0.15, -0.1) is 0 Å². The maximum absolute atomic E-state index is 11.9. The fourth-order valence-electron chi connectivity index (χ4n) is 6.74. The number of hydrogen-bond acceptors (Lipinski definition) is 2. The molecule has 1 atom stereocenters. The Morgan fingerprint density at radius 3 is 1.19 bits per heavy atom. The van der Waals surface area contributed by atoms with E-state index in [1.807, 2.05) is 0 Å². The van der Waals surface area contributed by atoms with Crippen LogP contribution in [0.25, 0.3) is 0 Å². The van der Waals surface area contributed by atoms with E-state index in [0.717, 1.165) is 25.2 Å². The SMILES string of the molecule is CCCC/C=C\CCCCCCCC(=O)OCCCCCCCCCCCCCCCCCCCCCCCCCCCC(C)CC. The molecular formula is C45H88O2. The summed E-state index contributed by atoms with van der Waals surface area (Å²) in [5.74, 6) is 0.955. The molecule has 0 aliphatic carbocycles. The Kier molecular flexibility index (Phi) is 40.7. The van der Waals surface area contributed by atoms with Crippen molar-refractivity contribution >= 4 is 5.97 Å². The molecule has 47 heavy (non-hydrogen) atoms. The maximum atomic E-state index is 11.9. The highest BCUT2D eigenvalue weighted by atomic mass is 16.5. The van der Waals surface area contributed by atoms with Crippen LogP contribution in [0.15, 0.2) is 12.2 Å². The zero-order chi connectivity index (χ0) is 34.1. The van der Waals surface area contributed by atoms with Crippen molar-refractivity contribution in [1.29, 1.82) is 0 Å². The fraction of sp³-hybridized carbons (Fsp3) is 0.933. The Morgan fingerprint density at radius 2 is 0.787 bits per heavy atom. The largest absolute Gasteiger partial charge is 0.466 e. The van der Waals surface area contributed by atoms with E-state index in [9.17, 15) is 4.79 Å². The van der Waals surface area contributed by atoms with Crippen LogP contribution < -0.4 is 0 Å². The minimum atomic E-state index is 0.0173. The van der Waals surface area contributed by atoms with Crippen molar-refractivity contribution in [3.63, 3.8) is 0 Å². The fourth-order valence-corrected chi connectivity index (χ4v) is 6.74. The number of unbranched alkanes of at least 4 members (excludes halogenated alkanes) is 31. The quantitative estimate of drug-likeness (QED) is 0.0371. The molecular weight excluding hydrogens is 572 g/mol. The number of ether oxygens (including phenoxy) is 1. The van der Waals surface area contributed by atoms with Crippen molar-refractivity contribution < 1.29 is 9.53 Å². The third-order valence-corrected chi connectivity index (χ3v) is 10.4. The van der Waals surface area contributed by atoms with Gasteiger partial charge in [-0.1, -0.05) is 232 Å². The molecule has 0 aliphatic rings. The van der Waals surface area contributed by atoms with Crippen molar-refractivity contribution in [3.8, 4) is 0 Å². The van der Waals surface area contributed by atoms with Crippen molar-refractivity contribution in [2.75, 3.05) is 6.61 Å². The van der Waals surface area contributed by atoms with Gasteiger partial charge in [-0.3, -0.25) is 4.79 Å². The molecule has 0 saturated heterocycles. The lowest BCUT2D eigenvalue weighted by Gasteiger charge is -2.07. The molecule has 0 spiro atoms. The Balaban J connectivity index is 3.14. The monoisotopic (exact) mass is 661 g/mol. The summed E-state index contributed by atoms with van der Waals surface area (Å²) in [7, 11) is 0. The molecule has 0 heterocycles. The predicted molar refractivity (Wildman–Crippen MR) is 211 cm³/mol. The highest BCUT2D eigenvalue weighted by Gasteiger charge is 2.03. The molecule has 2 heteroatoms. The molecule has 0 amide bonds. The summed E-state index contributed by atoms with van der Waals surface area (Å²) >= 11 is 0. The van der Waals surface area contributed by atoms with Crippen LogP contribution in [-0.2, 0) is 9.53 Å². The van der Waals surface area contributed by atoms with Gasteiger partial charge >= 0.3 is 5.97 Å². The molecule has 280 valence electrons. The summed E-state index contributed by atoms with van der Waals surface area (Å²) in [5, 5.41) is 0. The number of carbonyl (C=O) groups excluding carboxylic acids is 1. The summed E-state index contributed by atoms with van der Waals surface area (Å²) in [6.45, 7) is 7.60. The molecule has 0 N–H and O–H groups in total. The Bertz CT molecular complexity index is 611. The molecule has 0 bridgehead atoms. The van der Waals surface area contributed by atoms with E-state index in [0.29, 0.717) is 13.0 Å². The number of carbonyl (C=O) groups is 1. The van der Waals surface area contributed by atoms with Crippen LogP contribution in [0.1, 0.15) is 258 Å². The normalized spacial score (nSPS) is 12.3. The van der Waals surface area contributed by atoms with Crippen LogP contribution in [0.4, 0.5) is 0 Å². The first kappa shape index (κ1) is 46.2. The Labute approximate surface area is 297 Å². The molecule has 0 aliphatic heterocycles. The second-order valence-electron chi connectivity index (χ2n) is 15.3. The van der Waals surface area contributed by atoms with Gasteiger partial charge in [0.2, 0.25) is 0 Å². The Hall–Kier alpha value is -0.790. The molecule has 1 unspecified atom stereocenters. The van der Waals surface area contributed by atoms with E-state index in [1.54, 1.807) is 0 Å². The van der Waals surface area contributed by atoms with E-state index in [1.165, 1.54) is 212 Å². The third-order valence-electron chi connectivity index (χ3n) is 10.4. The van der Waals surface area contributed by atoms with Crippen LogP contribution in [0.3, 0.4) is 0 Å². The maximum Gasteiger partial charge on any atom is 0.305 e. The van der Waals surface area contributed by atoms with Gasteiger partial charge in [-0.25, -0.2) is 0 Å². The zero-order valence-corrected chi connectivity index (χ0v) is 32.9. The van der Waals surface area contributed by atoms with Gasteiger partial charge in [0, 0.05) is 6.42 Å². The molecule has 0 aromatic carbocycles. The van der Waals surface area contributed by atoms with E-state index in [4.69, 9.17) is 4.74 Å². The predicted octanol–water partition coefficient (Wildman–Crippen LogP) is 16.2. The van der Waals surface area contributed by atoms with Crippen LogP contribution in [0.2, 0.25) is 0 Å². The van der Waals surface area contributed by atoms with Gasteiger partial charge in [-0.05, 0) is 38.0 Å². The smallest absolute Gasteiger partial charge is 0.305 e. The van der Waals surface area contributed by atoms with Crippen LogP contribution in [0.5, 0.6) is 0 Å². The van der Waals surface area contributed by atoms with E-state index in [2.05, 4.69) is 32.9 Å². The minimum absolute atomic E-state index is 0.0173. The average Bonchev–Trinajstić information content (AvgIpc) is 3.08. The molecule has 0 rings (SSSR count). The topological polar surface area (TPSA) is 26.3 Å². The molecule has 0 radical (unpaired) electrons. The standard InChI is InChI=1S/C45H88O2/c1-4-6-7-8-9-10-26-30-33-36-39-42-45(46)47-43-40-37-34-31-28-25-23-21-19-17-15-13-11-12-14-16-18-20-22-24-27-29-32-35-38-41-44(3)5-2/h8-9,44H,4-7,10-43H2,1-3H3/b9-8-. The first-order valence-electron chi connectivity index (χ1n) is 22.0. The second kappa shape index (κ2) is 41.4. The van der Waals surface area contributed by atoms with Crippen molar-refractivity contribution in [1.82, 2.24) is 0 Å². The first-order chi connectivity index (χ1) is 23.2. The number of esters is 1. The molecule has 0 fully saturated rings. The summed E-state index contributed by atoms with van der Waals surface area (Å²) < 4.78 is 5.45. The molecule has 0 saturated carbocycles. The Morgan fingerprint density at radius 1 is 0.447 bits per heavy atom. The molecule has 0 aromatic heterocycles. The van der Waals surface area contributed by atoms with Crippen LogP contribution in [0, 0.1) is 5.92 Å². The lowest BCUT2D eigenvalue weighted by molar-refractivity contribution is -0.143. The first-order valence-corrected chi connectivity index (χ1v) is 22.0. The molecule has 2 nitrogen and oxygen atoms in total. The highest BCUT2D eigenvalue weighted by Crippen LogP contribution is 2.17. The number of allylic oxidation sites excluding steroid dienone is 2. The lowest BCUT2D eigenvalue weighted by atomic mass is 9.99. The van der Waals surface area contributed by atoms with E-state index < -0.39 is 0 Å². The number of rotatable bonds is 40. The number of hydrogen-bond donors (Lipinski definition) is 0. The van der Waals surface area contributed by atoms with Gasteiger partial charge < -0.3 is 4.74 Å². The van der Waals surface area contributed by atoms with Crippen molar-refractivity contribution in [2.24, 2.45) is 5.92 Å². The van der Waals surface area contributed by atoms with E-state index >= 15 is 0 Å². The lowest BCUT2D eigenvalue weighted by Crippen LogP contribution is -2.05. The highest BCUT2D eigenvalue weighted by molar-refractivity contribution is 5.69. The van der Waals surface area contributed by atoms with Crippen LogP contribution >= 0.6 is 0 Å². The average molecular weight is 661 g/mol. The van der Waals surface area contributed by atoms with E-state index in [-0.39, 0.29) is 5.97 Å². The van der Waals surface area contributed by atoms with Gasteiger partial charge in [0.15, 0.2) is 0 Å². The van der Waals surface area contributed by atoms with Gasteiger partial charge in [0.1, 0.15) is 0 Å². The van der Waals surface area contributed by atoms with Crippen molar-refractivity contribution in [2.45, 2.75) is 258 Å². The third kappa shape index (κ3) is 41.3.